The predicted octanol–water partition coefficient (Wildman–Crippen LogP) is 3.86. The van der Waals surface area contributed by atoms with Crippen molar-refractivity contribution in [1.82, 2.24) is 24.5 Å². The lowest BCUT2D eigenvalue weighted by Gasteiger charge is -2.11. The second kappa shape index (κ2) is 6.04. The number of nitrogens with zero attached hydrogens (tertiary/aromatic N) is 5. The van der Waals surface area contributed by atoms with E-state index in [4.69, 9.17) is 0 Å². The highest BCUT2D eigenvalue weighted by Gasteiger charge is 2.32. The number of thioether (sulfide) groups is 1. The fraction of sp³-hybridized carbons (Fsp3) is 0.333. The van der Waals surface area contributed by atoms with Crippen LogP contribution in [-0.2, 0) is 13.2 Å². The second-order valence-corrected chi connectivity index (χ2v) is 6.46. The second-order valence-electron chi connectivity index (χ2n) is 5.15. The summed E-state index contributed by atoms with van der Waals surface area (Å²) in [5.74, 6) is 1.07. The van der Waals surface area contributed by atoms with Crippen molar-refractivity contribution in [2.45, 2.75) is 24.9 Å². The molecule has 0 atom stereocenters. The monoisotopic (exact) mass is 353 g/mol. The van der Waals surface area contributed by atoms with Crippen LogP contribution in [0.15, 0.2) is 23.4 Å². The van der Waals surface area contributed by atoms with Crippen molar-refractivity contribution >= 4 is 23.1 Å². The summed E-state index contributed by atoms with van der Waals surface area (Å²) in [4.78, 5) is 17.5. The molecule has 3 aromatic rings. The van der Waals surface area contributed by atoms with Gasteiger partial charge in [0.1, 0.15) is 5.69 Å². The van der Waals surface area contributed by atoms with Crippen molar-refractivity contribution in [2.75, 3.05) is 5.75 Å². The summed E-state index contributed by atoms with van der Waals surface area (Å²) >= 11 is 1.29. The highest BCUT2D eigenvalue weighted by molar-refractivity contribution is 7.99. The van der Waals surface area contributed by atoms with Crippen LogP contribution in [0, 0.1) is 6.92 Å². The van der Waals surface area contributed by atoms with Crippen LogP contribution in [-0.4, -0.2) is 30.3 Å². The van der Waals surface area contributed by atoms with Gasteiger partial charge in [-0.15, -0.1) is 11.8 Å². The van der Waals surface area contributed by atoms with E-state index >= 15 is 0 Å². The first-order valence-corrected chi connectivity index (χ1v) is 8.16. The van der Waals surface area contributed by atoms with E-state index < -0.39 is 11.7 Å². The number of aryl methyl sites for hydroxylation is 2. The van der Waals surface area contributed by atoms with Gasteiger partial charge in [-0.05, 0) is 18.7 Å². The van der Waals surface area contributed by atoms with Gasteiger partial charge in [0.2, 0.25) is 0 Å². The fourth-order valence-corrected chi connectivity index (χ4v) is 3.09. The average molecular weight is 353 g/mol. The molecular formula is C15H14F3N5S. The molecule has 0 bridgehead atoms. The predicted molar refractivity (Wildman–Crippen MR) is 85.7 cm³/mol. The summed E-state index contributed by atoms with van der Waals surface area (Å²) in [6.07, 6.45) is -1.97. The Morgan fingerprint density at radius 3 is 2.58 bits per heavy atom. The lowest BCUT2D eigenvalue weighted by atomic mass is 10.2. The minimum absolute atomic E-state index is 0.398. The largest absolute Gasteiger partial charge is 0.417 e. The van der Waals surface area contributed by atoms with E-state index in [2.05, 4.69) is 19.9 Å². The van der Waals surface area contributed by atoms with Crippen LogP contribution in [0.2, 0.25) is 0 Å². The van der Waals surface area contributed by atoms with Gasteiger partial charge >= 0.3 is 6.18 Å². The van der Waals surface area contributed by atoms with Crippen LogP contribution >= 0.6 is 11.8 Å². The Balaban J connectivity index is 2.20. The Bertz CT molecular complexity index is 904. The van der Waals surface area contributed by atoms with Gasteiger partial charge in [0.05, 0.1) is 17.5 Å². The maximum absolute atomic E-state index is 12.9. The maximum Gasteiger partial charge on any atom is 0.417 e. The lowest BCUT2D eigenvalue weighted by Crippen LogP contribution is -2.07. The van der Waals surface area contributed by atoms with Crippen molar-refractivity contribution in [3.8, 4) is 11.5 Å². The van der Waals surface area contributed by atoms with E-state index in [-0.39, 0.29) is 0 Å². The Morgan fingerprint density at radius 2 is 1.92 bits per heavy atom. The van der Waals surface area contributed by atoms with Gasteiger partial charge in [-0.1, -0.05) is 6.92 Å². The van der Waals surface area contributed by atoms with Crippen molar-refractivity contribution in [3.63, 3.8) is 0 Å². The summed E-state index contributed by atoms with van der Waals surface area (Å²) in [5, 5.41) is 0. The number of alkyl halides is 3. The van der Waals surface area contributed by atoms with Gasteiger partial charge in [0.25, 0.3) is 0 Å². The van der Waals surface area contributed by atoms with E-state index in [1.807, 2.05) is 6.92 Å². The maximum atomic E-state index is 12.9. The van der Waals surface area contributed by atoms with Crippen molar-refractivity contribution in [1.29, 1.82) is 0 Å². The molecule has 9 heteroatoms. The minimum atomic E-state index is -4.43. The molecule has 24 heavy (non-hydrogen) atoms. The van der Waals surface area contributed by atoms with Crippen LogP contribution < -0.4 is 0 Å². The molecule has 3 heterocycles. The Hall–Kier alpha value is -2.16. The number of hydrogen-bond donors (Lipinski definition) is 0. The first-order chi connectivity index (χ1) is 11.3. The molecule has 0 fully saturated rings. The Morgan fingerprint density at radius 1 is 1.17 bits per heavy atom. The van der Waals surface area contributed by atoms with E-state index in [9.17, 15) is 13.2 Å². The van der Waals surface area contributed by atoms with Crippen LogP contribution in [0.1, 0.15) is 18.2 Å². The van der Waals surface area contributed by atoms with Crippen LogP contribution in [0.4, 0.5) is 13.2 Å². The standard InChI is InChI=1S/C15H14F3N5S/c1-4-24-10-5-9(15(16,17)18)7-19-11(10)13-22-12-14(23(13)3)20-6-8(2)21-12/h5-7H,4H2,1-3H3. The Labute approximate surface area is 140 Å². The summed E-state index contributed by atoms with van der Waals surface area (Å²) in [6.45, 7) is 3.67. The van der Waals surface area contributed by atoms with Gasteiger partial charge in [-0.3, -0.25) is 4.98 Å². The van der Waals surface area contributed by atoms with E-state index in [1.165, 1.54) is 11.8 Å². The quantitative estimate of drug-likeness (QED) is 0.669. The number of pyridine rings is 1. The molecule has 0 amide bonds. The smallest absolute Gasteiger partial charge is 0.309 e. The first-order valence-electron chi connectivity index (χ1n) is 7.17. The molecule has 0 aliphatic carbocycles. The zero-order valence-corrected chi connectivity index (χ0v) is 14.0. The van der Waals surface area contributed by atoms with Gasteiger partial charge in [-0.2, -0.15) is 13.2 Å². The zero-order chi connectivity index (χ0) is 17.5. The summed E-state index contributed by atoms with van der Waals surface area (Å²) in [6, 6.07) is 1.11. The molecule has 0 unspecified atom stereocenters. The number of aromatic nitrogens is 5. The third-order valence-corrected chi connectivity index (χ3v) is 4.31. The molecule has 3 aromatic heterocycles. The number of rotatable bonds is 3. The van der Waals surface area contributed by atoms with Crippen LogP contribution in [0.25, 0.3) is 22.8 Å². The topological polar surface area (TPSA) is 56.5 Å². The molecule has 0 spiro atoms. The number of halogens is 3. The number of imidazole rings is 1. The third-order valence-electron chi connectivity index (χ3n) is 3.39. The normalized spacial score (nSPS) is 12.1. The highest BCUT2D eigenvalue weighted by atomic mass is 32.2. The number of fused-ring (bicyclic) bond motifs is 1. The van der Waals surface area contributed by atoms with Crippen molar-refractivity contribution in [3.05, 3.63) is 29.7 Å². The average Bonchev–Trinajstić information content (AvgIpc) is 2.83. The molecular weight excluding hydrogens is 339 g/mol. The highest BCUT2D eigenvalue weighted by Crippen LogP contribution is 2.36. The summed E-state index contributed by atoms with van der Waals surface area (Å²) in [7, 11) is 1.74. The van der Waals surface area contributed by atoms with Gasteiger partial charge in [0.15, 0.2) is 17.1 Å². The molecule has 5 nitrogen and oxygen atoms in total. The molecule has 0 aliphatic rings. The first kappa shape index (κ1) is 16.7. The van der Waals surface area contributed by atoms with Crippen molar-refractivity contribution in [2.24, 2.45) is 7.05 Å². The summed E-state index contributed by atoms with van der Waals surface area (Å²) < 4.78 is 40.5. The van der Waals surface area contributed by atoms with Gasteiger partial charge in [0, 0.05) is 18.1 Å². The van der Waals surface area contributed by atoms with E-state index in [1.54, 1.807) is 24.7 Å². The molecule has 0 saturated carbocycles. The molecule has 126 valence electrons. The summed E-state index contributed by atoms with van der Waals surface area (Å²) in [5.41, 5.74) is 1.35. The minimum Gasteiger partial charge on any atom is -0.309 e. The molecule has 0 saturated heterocycles. The molecule has 3 rings (SSSR count). The molecule has 0 radical (unpaired) electrons. The van der Waals surface area contributed by atoms with Crippen LogP contribution in [0.3, 0.4) is 0 Å². The third kappa shape index (κ3) is 2.95. The lowest BCUT2D eigenvalue weighted by molar-refractivity contribution is -0.138. The zero-order valence-electron chi connectivity index (χ0n) is 13.2. The molecule has 0 aliphatic heterocycles. The molecule has 0 N–H and O–H groups in total. The van der Waals surface area contributed by atoms with E-state index in [0.29, 0.717) is 33.5 Å². The van der Waals surface area contributed by atoms with Crippen LogP contribution in [0.5, 0.6) is 0 Å². The Kier molecular flexibility index (Phi) is 4.20. The fourth-order valence-electron chi connectivity index (χ4n) is 2.29. The SMILES string of the molecule is CCSc1cc(C(F)(F)F)cnc1-c1nc2nc(C)cnc2n1C. The van der Waals surface area contributed by atoms with Crippen molar-refractivity contribution < 1.29 is 13.2 Å². The molecule has 0 aromatic carbocycles. The van der Waals surface area contributed by atoms with Gasteiger partial charge in [-0.25, -0.2) is 15.0 Å². The van der Waals surface area contributed by atoms with E-state index in [0.717, 1.165) is 18.0 Å². The van der Waals surface area contributed by atoms with Gasteiger partial charge < -0.3 is 4.57 Å². The number of hydrogen-bond acceptors (Lipinski definition) is 5.